The van der Waals surface area contributed by atoms with Crippen LogP contribution in [-0.2, 0) is 26.4 Å². The van der Waals surface area contributed by atoms with Crippen molar-refractivity contribution in [1.82, 2.24) is 15.3 Å². The third-order valence-corrected chi connectivity index (χ3v) is 14.4. The van der Waals surface area contributed by atoms with Crippen LogP contribution in [-0.4, -0.2) is 44.5 Å². The first-order valence-electron chi connectivity index (χ1n) is 20.8. The predicted molar refractivity (Wildman–Crippen MR) is 238 cm³/mol. The molecule has 1 saturated carbocycles. The molecule has 1 unspecified atom stereocenters. The molecule has 2 aliphatic rings. The fraction of sp³-hybridized carbons (Fsp3) is 0.260. The summed E-state index contributed by atoms with van der Waals surface area (Å²) in [6.07, 6.45) is 8.14. The van der Waals surface area contributed by atoms with E-state index in [1.165, 1.54) is 30.1 Å². The maximum atomic E-state index is 13.5. The third-order valence-electron chi connectivity index (χ3n) is 11.4. The van der Waals surface area contributed by atoms with E-state index in [0.29, 0.717) is 33.1 Å². The van der Waals surface area contributed by atoms with Crippen LogP contribution in [0.25, 0.3) is 11.1 Å². The number of aliphatic hydroxyl groups is 1. The molecule has 6 aromatic rings. The Morgan fingerprint density at radius 3 is 2.00 bits per heavy atom. The first kappa shape index (κ1) is 45.6. The average molecular weight is 1030 g/mol. The number of carbonyl (C=O) groups is 2. The van der Waals surface area contributed by atoms with Gasteiger partial charge in [-0.15, -0.1) is 0 Å². The Bertz CT molecular complexity index is 2830. The summed E-state index contributed by atoms with van der Waals surface area (Å²) >= 11 is 13.4. The number of pyridine rings is 2. The van der Waals surface area contributed by atoms with Crippen molar-refractivity contribution in [1.29, 1.82) is 5.26 Å². The summed E-state index contributed by atoms with van der Waals surface area (Å²) in [5.41, 5.74) is 8.80. The van der Waals surface area contributed by atoms with E-state index in [4.69, 9.17) is 42.1 Å². The number of aromatic carboxylic acids is 1. The minimum Gasteiger partial charge on any atom is -0.396 e. The molecule has 1 saturated heterocycles. The summed E-state index contributed by atoms with van der Waals surface area (Å²) in [5.74, 6) is -0.902. The number of ether oxygens (including phenoxy) is 4. The van der Waals surface area contributed by atoms with Gasteiger partial charge in [0.1, 0.15) is 12.7 Å². The molecule has 2 aromatic heterocycles. The van der Waals surface area contributed by atoms with Crippen LogP contribution in [0.4, 0.5) is 0 Å². The number of nitriles is 1. The number of benzene rings is 4. The summed E-state index contributed by atoms with van der Waals surface area (Å²) in [4.78, 5) is 33.9. The van der Waals surface area contributed by atoms with Gasteiger partial charge in [0.15, 0.2) is 0 Å². The molecular formula is C50H43Cl2IN4O8-2. The second-order valence-electron chi connectivity index (χ2n) is 16.1. The van der Waals surface area contributed by atoms with Crippen molar-refractivity contribution in [2.45, 2.75) is 57.0 Å². The number of hydrogen-bond acceptors (Lipinski definition) is 11. The molecule has 0 radical (unpaired) electrons. The van der Waals surface area contributed by atoms with Gasteiger partial charge in [-0.3, -0.25) is 9.97 Å². The number of amides is 1. The summed E-state index contributed by atoms with van der Waals surface area (Å²) in [6, 6.07) is 23.8. The zero-order valence-electron chi connectivity index (χ0n) is 35.5. The first-order valence-corrected chi connectivity index (χ1v) is 24.3. The number of aromatic nitrogens is 2. The molecule has 15 heteroatoms. The van der Waals surface area contributed by atoms with Gasteiger partial charge in [-0.25, -0.2) is 0 Å². The van der Waals surface area contributed by atoms with Crippen LogP contribution in [0.3, 0.4) is 0 Å². The summed E-state index contributed by atoms with van der Waals surface area (Å²) < 4.78 is 26.4. The van der Waals surface area contributed by atoms with Crippen LogP contribution >= 0.6 is 23.2 Å². The Hall–Kier alpha value is -5.92. The Morgan fingerprint density at radius 2 is 1.38 bits per heavy atom. The van der Waals surface area contributed by atoms with Gasteiger partial charge in [0.05, 0.1) is 18.1 Å². The molecule has 0 bridgehead atoms. The number of nitrogens with one attached hydrogen (secondary N) is 1. The van der Waals surface area contributed by atoms with Crippen molar-refractivity contribution in [3.63, 3.8) is 0 Å². The number of halogens is 3. The fourth-order valence-electron chi connectivity index (χ4n) is 7.43. The van der Waals surface area contributed by atoms with Crippen molar-refractivity contribution >= 4 is 35.1 Å². The minimum absolute atomic E-state index is 0.000488. The van der Waals surface area contributed by atoms with Gasteiger partial charge in [0.2, 0.25) is 0 Å². The van der Waals surface area contributed by atoms with Crippen molar-refractivity contribution in [2.75, 3.05) is 17.6 Å². The second-order valence-corrected chi connectivity index (χ2v) is 20.2. The molecule has 2 N–H and O–H groups in total. The van der Waals surface area contributed by atoms with Crippen molar-refractivity contribution in [3.8, 4) is 40.2 Å². The average Bonchev–Trinajstić information content (AvgIpc) is 4.26. The molecule has 2 fully saturated rings. The van der Waals surface area contributed by atoms with Gasteiger partial charge in [-0.2, -0.15) is 5.26 Å². The van der Waals surface area contributed by atoms with Crippen molar-refractivity contribution in [2.24, 2.45) is 5.41 Å². The number of carboxylic acids is 1. The first-order chi connectivity index (χ1) is 31.4. The fourth-order valence-corrected chi connectivity index (χ4v) is 9.74. The summed E-state index contributed by atoms with van der Waals surface area (Å²) in [5, 5.41) is 34.4. The molecule has 1 atom stereocenters. The molecule has 12 nitrogen and oxygen atoms in total. The maximum absolute atomic E-state index is 13.5. The third kappa shape index (κ3) is 11.0. The van der Waals surface area contributed by atoms with Gasteiger partial charge >= 0.3 is 277 Å². The number of alkyl halides is 2. The summed E-state index contributed by atoms with van der Waals surface area (Å²) in [7, 11) is 0. The van der Waals surface area contributed by atoms with E-state index in [1.54, 1.807) is 30.6 Å². The van der Waals surface area contributed by atoms with Crippen LogP contribution in [0.2, 0.25) is 10.0 Å². The van der Waals surface area contributed by atoms with Gasteiger partial charge in [-0.1, -0.05) is 0 Å². The quantitative estimate of drug-likeness (QED) is 0.0800. The number of nitrogens with zero attached hydrogens (tertiary/aromatic N) is 3. The number of aryl methyl sites for hydroxylation is 1. The molecule has 1 amide bonds. The van der Waals surface area contributed by atoms with Crippen molar-refractivity contribution in [3.05, 3.63) is 163 Å². The molecule has 0 spiro atoms. The Morgan fingerprint density at radius 1 is 0.800 bits per heavy atom. The number of carboxylic acid groups (broad SMARTS) is 1. The SMILES string of the molecule is Cc1cncc(COc2cc(OCc3cccc(-c4cccc(COc5cc(OCc6cncc(C#N)c6)c(C(=O)[O-])cc5Cl)c4C)c3C3C[I-]3)c(Cl)cc2C(=O)NCC2(CO)CC2)c1. The molecule has 8 rings (SSSR count). The molecule has 334 valence electrons. The summed E-state index contributed by atoms with van der Waals surface area (Å²) in [6.45, 7) is 4.84. The molecule has 65 heavy (non-hydrogen) atoms. The molecular weight excluding hydrogens is 982 g/mol. The van der Waals surface area contributed by atoms with Crippen LogP contribution in [0, 0.1) is 30.6 Å². The van der Waals surface area contributed by atoms with E-state index in [0.717, 1.165) is 56.2 Å². The van der Waals surface area contributed by atoms with E-state index in [2.05, 4.69) is 33.5 Å². The van der Waals surface area contributed by atoms with Crippen LogP contribution in [0.15, 0.2) is 97.6 Å². The Balaban J connectivity index is 1.02. The van der Waals surface area contributed by atoms with Crippen LogP contribution in [0.5, 0.6) is 23.0 Å². The zero-order chi connectivity index (χ0) is 45.7. The molecule has 4 aromatic carbocycles. The van der Waals surface area contributed by atoms with Gasteiger partial charge in [0, 0.05) is 29.6 Å². The number of rotatable bonds is 19. The zero-order valence-corrected chi connectivity index (χ0v) is 39.1. The van der Waals surface area contributed by atoms with Gasteiger partial charge in [0.25, 0.3) is 0 Å². The molecule has 1 aliphatic carbocycles. The molecule has 1 aliphatic heterocycles. The van der Waals surface area contributed by atoms with E-state index in [1.807, 2.05) is 44.2 Å². The number of hydrogen-bond donors (Lipinski definition) is 2. The van der Waals surface area contributed by atoms with E-state index >= 15 is 0 Å². The predicted octanol–water partition coefficient (Wildman–Crippen LogP) is 5.26. The Kier molecular flexibility index (Phi) is 14.1. The molecule has 3 heterocycles. The van der Waals surface area contributed by atoms with Gasteiger partial charge < -0.3 is 15.0 Å². The second kappa shape index (κ2) is 20.1. The Labute approximate surface area is 396 Å². The number of carbonyl (C=O) groups excluding carboxylic acids is 2. The van der Waals surface area contributed by atoms with E-state index in [-0.39, 0.29) is 98.2 Å². The van der Waals surface area contributed by atoms with Crippen molar-refractivity contribution < 1.29 is 60.0 Å². The minimum atomic E-state index is -1.46. The van der Waals surface area contributed by atoms with Crippen LogP contribution < -0.4 is 50.6 Å². The van der Waals surface area contributed by atoms with Crippen LogP contribution in [0.1, 0.15) is 82.0 Å². The number of aliphatic hydroxyl groups excluding tert-OH is 1. The standard InChI is InChI=1S/C50H44Cl2IN4O8/c1-29-11-32(21-55-19-29)23-62-43-15-45(40(51)13-38(43)48(59)57-27-50(28-58)9-10-50)65-26-35-6-4-8-37(47(35)42-17-53-42)36-7-3-5-34(30(36)2)25-64-46-16-44(39(49(60)61)14-41(46)52)63-24-33-12-31(18-54)20-56-22-33/h3-8,11-16,19-22,42,58H,9-10,17,23-28H2,1-2H3,(H,57,59)(H,60,61)/q-1/p-1. The van der Waals surface area contributed by atoms with E-state index < -0.39 is 5.97 Å². The van der Waals surface area contributed by atoms with Gasteiger partial charge in [-0.05, 0) is 31.4 Å². The topological polar surface area (TPSA) is 176 Å². The normalized spacial score (nSPS) is 14.6. The smallest absolute Gasteiger partial charge is 0.396 e. The monoisotopic (exact) mass is 1020 g/mol. The van der Waals surface area contributed by atoms with E-state index in [9.17, 15) is 25.1 Å².